The van der Waals surface area contributed by atoms with E-state index in [1.165, 1.54) is 0 Å². The number of hydrogen-bond donors (Lipinski definition) is 1. The van der Waals surface area contributed by atoms with E-state index in [-0.39, 0.29) is 0 Å². The van der Waals surface area contributed by atoms with Gasteiger partial charge in [0.25, 0.3) is 0 Å². The lowest BCUT2D eigenvalue weighted by Gasteiger charge is -2.11. The van der Waals surface area contributed by atoms with Gasteiger partial charge in [0.05, 0.1) is 5.56 Å². The maximum atomic E-state index is 11.5. The minimum absolute atomic E-state index is 0.301. The van der Waals surface area contributed by atoms with Gasteiger partial charge in [0.2, 0.25) is 0 Å². The van der Waals surface area contributed by atoms with E-state index < -0.39 is 5.97 Å². The molecule has 0 spiro atoms. The van der Waals surface area contributed by atoms with Gasteiger partial charge in [0, 0.05) is 0 Å². The molecule has 0 fully saturated rings. The van der Waals surface area contributed by atoms with Gasteiger partial charge in [-0.25, -0.2) is 4.79 Å². The summed E-state index contributed by atoms with van der Waals surface area (Å²) in [6.07, 6.45) is 0. The number of carbonyl (C=O) groups is 1. The number of rotatable bonds is 5. The molecule has 0 unspecified atom stereocenters. The molecule has 24 heavy (non-hydrogen) atoms. The van der Waals surface area contributed by atoms with Crippen molar-refractivity contribution in [3.05, 3.63) is 89.5 Å². The van der Waals surface area contributed by atoms with Crippen molar-refractivity contribution in [1.29, 1.82) is 0 Å². The van der Waals surface area contributed by atoms with Crippen LogP contribution in [-0.2, 0) is 6.61 Å². The van der Waals surface area contributed by atoms with Crippen LogP contribution >= 0.6 is 0 Å². The first-order chi connectivity index (χ1) is 11.6. The SMILES string of the molecule is Cc1ccc(-c2cccc(OCc3ccccc3)c2)c(C(=O)O)c1. The molecule has 3 heteroatoms. The third kappa shape index (κ3) is 3.63. The van der Waals surface area contributed by atoms with Gasteiger partial charge in [-0.1, -0.05) is 60.2 Å². The lowest BCUT2D eigenvalue weighted by molar-refractivity contribution is 0.0697. The molecule has 0 aromatic heterocycles. The van der Waals surface area contributed by atoms with E-state index >= 15 is 0 Å². The van der Waals surface area contributed by atoms with Gasteiger partial charge in [-0.3, -0.25) is 0 Å². The van der Waals surface area contributed by atoms with E-state index in [1.54, 1.807) is 6.07 Å². The highest BCUT2D eigenvalue weighted by Crippen LogP contribution is 2.28. The average molecular weight is 318 g/mol. The van der Waals surface area contributed by atoms with Crippen molar-refractivity contribution in [2.24, 2.45) is 0 Å². The molecule has 0 saturated carbocycles. The van der Waals surface area contributed by atoms with Crippen LogP contribution in [0.25, 0.3) is 11.1 Å². The average Bonchev–Trinajstić information content (AvgIpc) is 2.61. The van der Waals surface area contributed by atoms with Crippen LogP contribution in [0.1, 0.15) is 21.5 Å². The van der Waals surface area contributed by atoms with E-state index in [2.05, 4.69) is 0 Å². The standard InChI is InChI=1S/C21H18O3/c1-15-10-11-19(20(12-15)21(22)23)17-8-5-9-18(13-17)24-14-16-6-3-2-4-7-16/h2-13H,14H2,1H3,(H,22,23). The van der Waals surface area contributed by atoms with Gasteiger partial charge >= 0.3 is 5.97 Å². The second kappa shape index (κ2) is 7.01. The topological polar surface area (TPSA) is 46.5 Å². The summed E-state index contributed by atoms with van der Waals surface area (Å²) in [4.78, 5) is 11.5. The number of carboxylic acid groups (broad SMARTS) is 1. The van der Waals surface area contributed by atoms with Crippen LogP contribution in [0.5, 0.6) is 5.75 Å². The van der Waals surface area contributed by atoms with Crippen LogP contribution in [0.4, 0.5) is 0 Å². The second-order valence-electron chi connectivity index (χ2n) is 5.66. The Morgan fingerprint density at radius 2 is 1.75 bits per heavy atom. The number of benzene rings is 3. The summed E-state index contributed by atoms with van der Waals surface area (Å²) < 4.78 is 5.83. The van der Waals surface area contributed by atoms with E-state index in [0.717, 1.165) is 16.7 Å². The first-order valence-electron chi connectivity index (χ1n) is 7.74. The van der Waals surface area contributed by atoms with Crippen molar-refractivity contribution < 1.29 is 14.6 Å². The van der Waals surface area contributed by atoms with E-state index in [0.29, 0.717) is 23.5 Å². The van der Waals surface area contributed by atoms with E-state index in [9.17, 15) is 9.90 Å². The molecule has 3 nitrogen and oxygen atoms in total. The van der Waals surface area contributed by atoms with Crippen molar-refractivity contribution in [3.8, 4) is 16.9 Å². The first-order valence-corrected chi connectivity index (χ1v) is 7.74. The maximum absolute atomic E-state index is 11.5. The fourth-order valence-corrected chi connectivity index (χ4v) is 2.58. The Bertz CT molecular complexity index is 854. The van der Waals surface area contributed by atoms with Crippen molar-refractivity contribution in [1.82, 2.24) is 0 Å². The zero-order valence-electron chi connectivity index (χ0n) is 13.4. The van der Waals surface area contributed by atoms with Gasteiger partial charge in [-0.15, -0.1) is 0 Å². The molecule has 0 bridgehead atoms. The van der Waals surface area contributed by atoms with Crippen molar-refractivity contribution in [2.75, 3.05) is 0 Å². The Balaban J connectivity index is 1.87. The summed E-state index contributed by atoms with van der Waals surface area (Å²) in [5.74, 6) is -0.211. The molecule has 0 aliphatic carbocycles. The Labute approximate surface area is 141 Å². The Morgan fingerprint density at radius 1 is 0.958 bits per heavy atom. The number of carboxylic acids is 1. The highest BCUT2D eigenvalue weighted by Gasteiger charge is 2.12. The molecule has 0 aliphatic rings. The monoisotopic (exact) mass is 318 g/mol. The molecule has 3 aromatic carbocycles. The summed E-state index contributed by atoms with van der Waals surface area (Å²) in [7, 11) is 0. The summed E-state index contributed by atoms with van der Waals surface area (Å²) in [5, 5.41) is 9.44. The van der Waals surface area contributed by atoms with Crippen LogP contribution in [0.2, 0.25) is 0 Å². The van der Waals surface area contributed by atoms with Gasteiger partial charge in [-0.2, -0.15) is 0 Å². The Morgan fingerprint density at radius 3 is 2.50 bits per heavy atom. The van der Waals surface area contributed by atoms with Crippen molar-refractivity contribution in [3.63, 3.8) is 0 Å². The smallest absolute Gasteiger partial charge is 0.336 e. The van der Waals surface area contributed by atoms with E-state index in [1.807, 2.05) is 73.7 Å². The van der Waals surface area contributed by atoms with Crippen LogP contribution in [0, 0.1) is 6.92 Å². The molecule has 0 radical (unpaired) electrons. The summed E-state index contributed by atoms with van der Waals surface area (Å²) in [6.45, 7) is 2.36. The third-order valence-corrected chi connectivity index (χ3v) is 3.80. The fourth-order valence-electron chi connectivity index (χ4n) is 2.58. The van der Waals surface area contributed by atoms with Crippen LogP contribution in [-0.4, -0.2) is 11.1 Å². The predicted octanol–water partition coefficient (Wildman–Crippen LogP) is 4.94. The minimum Gasteiger partial charge on any atom is -0.489 e. The lowest BCUT2D eigenvalue weighted by atomic mass is 9.98. The quantitative estimate of drug-likeness (QED) is 0.725. The molecule has 3 aromatic rings. The Hall–Kier alpha value is -3.07. The van der Waals surface area contributed by atoms with Crippen LogP contribution in [0.15, 0.2) is 72.8 Å². The number of hydrogen-bond acceptors (Lipinski definition) is 2. The lowest BCUT2D eigenvalue weighted by Crippen LogP contribution is -2.00. The normalized spacial score (nSPS) is 10.4. The van der Waals surface area contributed by atoms with Crippen LogP contribution < -0.4 is 4.74 Å². The largest absolute Gasteiger partial charge is 0.489 e. The number of aromatic carboxylic acids is 1. The van der Waals surface area contributed by atoms with Crippen molar-refractivity contribution in [2.45, 2.75) is 13.5 Å². The van der Waals surface area contributed by atoms with Gasteiger partial charge in [-0.05, 0) is 41.8 Å². The van der Waals surface area contributed by atoms with Gasteiger partial charge in [0.1, 0.15) is 12.4 Å². The third-order valence-electron chi connectivity index (χ3n) is 3.80. The van der Waals surface area contributed by atoms with E-state index in [4.69, 9.17) is 4.74 Å². The number of ether oxygens (including phenoxy) is 1. The minimum atomic E-state index is -0.927. The highest BCUT2D eigenvalue weighted by molar-refractivity contribution is 5.96. The number of aryl methyl sites for hydroxylation is 1. The molecular weight excluding hydrogens is 300 g/mol. The summed E-state index contributed by atoms with van der Waals surface area (Å²) in [5.41, 5.74) is 3.84. The zero-order chi connectivity index (χ0) is 16.9. The molecule has 0 amide bonds. The molecule has 120 valence electrons. The Kier molecular flexibility index (Phi) is 4.62. The fraction of sp³-hybridized carbons (Fsp3) is 0.0952. The molecule has 0 atom stereocenters. The molecule has 0 saturated heterocycles. The molecule has 0 heterocycles. The second-order valence-corrected chi connectivity index (χ2v) is 5.66. The first kappa shape index (κ1) is 15.8. The molecule has 1 N–H and O–H groups in total. The van der Waals surface area contributed by atoms with Gasteiger partial charge in [0.15, 0.2) is 0 Å². The van der Waals surface area contributed by atoms with Crippen molar-refractivity contribution >= 4 is 5.97 Å². The molecular formula is C21H18O3. The highest BCUT2D eigenvalue weighted by atomic mass is 16.5. The molecule has 0 aliphatic heterocycles. The predicted molar refractivity (Wildman–Crippen MR) is 94.3 cm³/mol. The summed E-state index contributed by atoms with van der Waals surface area (Å²) >= 11 is 0. The zero-order valence-corrected chi connectivity index (χ0v) is 13.4. The summed E-state index contributed by atoms with van der Waals surface area (Å²) in [6, 6.07) is 22.9. The maximum Gasteiger partial charge on any atom is 0.336 e. The van der Waals surface area contributed by atoms with Gasteiger partial charge < -0.3 is 9.84 Å². The molecule has 3 rings (SSSR count). The van der Waals surface area contributed by atoms with Crippen LogP contribution in [0.3, 0.4) is 0 Å².